The highest BCUT2D eigenvalue weighted by Crippen LogP contribution is 2.44. The van der Waals surface area contributed by atoms with Crippen molar-refractivity contribution in [2.45, 2.75) is 9.79 Å². The molecule has 0 fully saturated rings. The number of hydrogen-bond donors (Lipinski definition) is 0. The maximum atomic E-state index is 13.0. The van der Waals surface area contributed by atoms with Crippen LogP contribution in [0.2, 0.25) is 0 Å². The van der Waals surface area contributed by atoms with Crippen LogP contribution in [-0.4, -0.2) is 13.4 Å². The van der Waals surface area contributed by atoms with Gasteiger partial charge in [0.1, 0.15) is 0 Å². The number of aromatic nitrogens is 1. The normalized spacial score (nSPS) is 15.1. The number of rotatable bonds is 1. The fourth-order valence-corrected chi connectivity index (χ4v) is 5.82. The van der Waals surface area contributed by atoms with E-state index in [0.717, 1.165) is 38.9 Å². The van der Waals surface area contributed by atoms with Gasteiger partial charge in [-0.2, -0.15) is 0 Å². The fourth-order valence-electron chi connectivity index (χ4n) is 4.11. The Labute approximate surface area is 156 Å². The lowest BCUT2D eigenvalue weighted by atomic mass is 10.0. The number of pyridine rings is 1. The van der Waals surface area contributed by atoms with Crippen LogP contribution in [0.3, 0.4) is 0 Å². The predicted molar refractivity (Wildman–Crippen MR) is 107 cm³/mol. The van der Waals surface area contributed by atoms with E-state index in [9.17, 15) is 8.42 Å². The quantitative estimate of drug-likeness (QED) is 0.401. The highest BCUT2D eigenvalue weighted by atomic mass is 32.2. The van der Waals surface area contributed by atoms with Crippen LogP contribution in [0.25, 0.3) is 45.4 Å². The number of sulfone groups is 1. The summed E-state index contributed by atoms with van der Waals surface area (Å²) in [5.74, 6) is 0. The van der Waals surface area contributed by atoms with Crippen LogP contribution < -0.4 is 0 Å². The molecule has 0 bridgehead atoms. The van der Waals surface area contributed by atoms with E-state index in [-0.39, 0.29) is 0 Å². The molecule has 2 heterocycles. The Hall–Kier alpha value is -3.24. The molecule has 1 aromatic heterocycles. The van der Waals surface area contributed by atoms with Crippen molar-refractivity contribution in [3.8, 4) is 22.4 Å². The van der Waals surface area contributed by atoms with Crippen molar-refractivity contribution >= 4 is 32.9 Å². The molecule has 6 rings (SSSR count). The van der Waals surface area contributed by atoms with E-state index in [4.69, 9.17) is 4.98 Å². The van der Waals surface area contributed by atoms with E-state index < -0.39 is 9.84 Å². The summed E-state index contributed by atoms with van der Waals surface area (Å²) in [5, 5.41) is 1.16. The number of benzene rings is 3. The Balaban J connectivity index is 1.60. The van der Waals surface area contributed by atoms with Gasteiger partial charge in [-0.1, -0.05) is 54.6 Å². The summed E-state index contributed by atoms with van der Waals surface area (Å²) in [7, 11) is -3.49. The minimum Gasteiger partial charge on any atom is -0.248 e. The molecule has 2 aliphatic rings. The Bertz CT molecular complexity index is 1430. The number of hydrogen-bond acceptors (Lipinski definition) is 3. The van der Waals surface area contributed by atoms with E-state index in [2.05, 4.69) is 18.2 Å². The molecule has 0 N–H and O–H groups in total. The molecule has 3 aromatic carbocycles. The molecule has 0 spiro atoms. The van der Waals surface area contributed by atoms with E-state index in [1.165, 1.54) is 5.56 Å². The third-order valence-electron chi connectivity index (χ3n) is 5.37. The molecule has 1 aliphatic carbocycles. The second-order valence-electron chi connectivity index (χ2n) is 6.88. The first-order valence-corrected chi connectivity index (χ1v) is 10.2. The van der Waals surface area contributed by atoms with Crippen molar-refractivity contribution < 1.29 is 8.42 Å². The zero-order chi connectivity index (χ0) is 18.2. The Morgan fingerprint density at radius 1 is 0.704 bits per heavy atom. The van der Waals surface area contributed by atoms with Gasteiger partial charge in [-0.25, -0.2) is 13.4 Å². The van der Waals surface area contributed by atoms with Gasteiger partial charge in [0.15, 0.2) is 0 Å². The van der Waals surface area contributed by atoms with Crippen LogP contribution >= 0.6 is 0 Å². The van der Waals surface area contributed by atoms with Crippen molar-refractivity contribution in [3.63, 3.8) is 0 Å². The van der Waals surface area contributed by atoms with Gasteiger partial charge in [-0.3, -0.25) is 0 Å². The minimum absolute atomic E-state index is 0.365. The van der Waals surface area contributed by atoms with Crippen LogP contribution in [0.1, 0.15) is 11.1 Å². The summed E-state index contributed by atoms with van der Waals surface area (Å²) in [6.45, 7) is 0. The third-order valence-corrected chi connectivity index (χ3v) is 7.22. The highest BCUT2D eigenvalue weighted by molar-refractivity contribution is 7.92. The monoisotopic (exact) mass is 367 g/mol. The van der Waals surface area contributed by atoms with Crippen LogP contribution in [0, 0.1) is 0 Å². The summed E-state index contributed by atoms with van der Waals surface area (Å²) in [4.78, 5) is 5.54. The van der Waals surface area contributed by atoms with Crippen molar-refractivity contribution in [1.82, 2.24) is 4.98 Å². The average molecular weight is 367 g/mol. The molecule has 128 valence electrons. The van der Waals surface area contributed by atoms with Gasteiger partial charge in [0.05, 0.1) is 21.0 Å². The van der Waals surface area contributed by atoms with Gasteiger partial charge in [-0.15, -0.1) is 0 Å². The Morgan fingerprint density at radius 3 is 2.44 bits per heavy atom. The molecule has 4 heteroatoms. The highest BCUT2D eigenvalue weighted by Gasteiger charge is 2.32. The van der Waals surface area contributed by atoms with E-state index in [1.807, 2.05) is 42.5 Å². The van der Waals surface area contributed by atoms with Crippen LogP contribution in [0.15, 0.2) is 76.5 Å². The summed E-state index contributed by atoms with van der Waals surface area (Å²) in [6, 6.07) is 20.9. The van der Waals surface area contributed by atoms with Gasteiger partial charge in [0.25, 0.3) is 0 Å². The maximum absolute atomic E-state index is 13.0. The average Bonchev–Trinajstić information content (AvgIpc) is 3.21. The first kappa shape index (κ1) is 14.9. The van der Waals surface area contributed by atoms with Gasteiger partial charge in [0, 0.05) is 22.1 Å². The number of nitrogens with zero attached hydrogens (tertiary/aromatic N) is 1. The van der Waals surface area contributed by atoms with Crippen molar-refractivity contribution in [3.05, 3.63) is 77.9 Å². The zero-order valence-electron chi connectivity index (χ0n) is 14.2. The smallest absolute Gasteiger partial charge is 0.207 e. The molecule has 0 amide bonds. The van der Waals surface area contributed by atoms with E-state index in [0.29, 0.717) is 9.79 Å². The summed E-state index contributed by atoms with van der Waals surface area (Å²) in [5.41, 5.74) is 6.37. The van der Waals surface area contributed by atoms with Crippen molar-refractivity contribution in [2.24, 2.45) is 0 Å². The zero-order valence-corrected chi connectivity index (χ0v) is 15.0. The SMILES string of the molecule is O=S1(=O)c2ccccc2-c2ccc(-c3cc4c5c(cccc5n3)C=C4)cc21. The Kier molecular flexibility index (Phi) is 2.72. The van der Waals surface area contributed by atoms with Gasteiger partial charge in [-0.05, 0) is 35.4 Å². The molecule has 0 unspecified atom stereocenters. The molecule has 0 atom stereocenters. The molecule has 4 aromatic rings. The molecule has 1 aliphatic heterocycles. The third kappa shape index (κ3) is 1.90. The maximum Gasteiger partial charge on any atom is 0.207 e. The van der Waals surface area contributed by atoms with Crippen molar-refractivity contribution in [1.29, 1.82) is 0 Å². The lowest BCUT2D eigenvalue weighted by Gasteiger charge is -2.08. The van der Waals surface area contributed by atoms with Gasteiger partial charge >= 0.3 is 0 Å². The van der Waals surface area contributed by atoms with Crippen LogP contribution in [0.4, 0.5) is 0 Å². The summed E-state index contributed by atoms with van der Waals surface area (Å²) in [6.07, 6.45) is 4.18. The molecule has 27 heavy (non-hydrogen) atoms. The molecule has 0 radical (unpaired) electrons. The first-order chi connectivity index (χ1) is 13.1. The first-order valence-electron chi connectivity index (χ1n) is 8.74. The second-order valence-corrected chi connectivity index (χ2v) is 8.77. The molecular weight excluding hydrogens is 354 g/mol. The second kappa shape index (κ2) is 4.93. The largest absolute Gasteiger partial charge is 0.248 e. The van der Waals surface area contributed by atoms with Crippen LogP contribution in [-0.2, 0) is 9.84 Å². The molecule has 3 nitrogen and oxygen atoms in total. The fraction of sp³-hybridized carbons (Fsp3) is 0. The summed E-state index contributed by atoms with van der Waals surface area (Å²) < 4.78 is 25.9. The van der Waals surface area contributed by atoms with Crippen molar-refractivity contribution in [2.75, 3.05) is 0 Å². The topological polar surface area (TPSA) is 47.0 Å². The van der Waals surface area contributed by atoms with E-state index >= 15 is 0 Å². The summed E-state index contributed by atoms with van der Waals surface area (Å²) >= 11 is 0. The van der Waals surface area contributed by atoms with E-state index in [1.54, 1.807) is 18.2 Å². The molecular formula is C23H13NO2S. The lowest BCUT2D eigenvalue weighted by Crippen LogP contribution is -1.97. The number of fused-ring (bicyclic) bond motifs is 3. The minimum atomic E-state index is -3.49. The lowest BCUT2D eigenvalue weighted by molar-refractivity contribution is 0.598. The standard InChI is InChI=1S/C23H13NO2S/c25-27(26)21-7-2-1-5-17(21)18-11-10-15(13-22(18)27)20-12-16-9-8-14-4-3-6-19(24-20)23(14)16/h1-13H. The Morgan fingerprint density at radius 2 is 1.52 bits per heavy atom. The van der Waals surface area contributed by atoms with Gasteiger partial charge in [0.2, 0.25) is 9.84 Å². The molecule has 0 saturated carbocycles. The van der Waals surface area contributed by atoms with Crippen LogP contribution in [0.5, 0.6) is 0 Å². The molecule has 0 saturated heterocycles. The predicted octanol–water partition coefficient (Wildman–Crippen LogP) is 5.20. The van der Waals surface area contributed by atoms with Gasteiger partial charge < -0.3 is 0 Å².